The summed E-state index contributed by atoms with van der Waals surface area (Å²) in [4.78, 5) is 32.6. The number of hydrogen-bond acceptors (Lipinski definition) is 8. The van der Waals surface area contributed by atoms with Gasteiger partial charge in [0.05, 0.1) is 25.0 Å². The van der Waals surface area contributed by atoms with Crippen LogP contribution in [0.3, 0.4) is 0 Å². The molecule has 3 N–H and O–H groups in total. The molecule has 0 spiro atoms. The first-order chi connectivity index (χ1) is 13.2. The third-order valence-electron chi connectivity index (χ3n) is 3.32. The number of nitrogen functional groups attached to an aromatic ring is 1. The summed E-state index contributed by atoms with van der Waals surface area (Å²) < 4.78 is 15.8. The topological polar surface area (TPSA) is 126 Å². The minimum Gasteiger partial charge on any atom is -0.473 e. The van der Waals surface area contributed by atoms with E-state index in [0.717, 1.165) is 0 Å². The predicted molar refractivity (Wildman–Crippen MR) is 104 cm³/mol. The molecule has 0 saturated carbocycles. The van der Waals surface area contributed by atoms with Gasteiger partial charge >= 0.3 is 5.97 Å². The van der Waals surface area contributed by atoms with Gasteiger partial charge < -0.3 is 25.3 Å². The Hall–Kier alpha value is -3.36. The third-order valence-corrected chi connectivity index (χ3v) is 3.32. The molecule has 0 fully saturated rings. The monoisotopic (exact) mass is 388 g/mol. The van der Waals surface area contributed by atoms with E-state index in [4.69, 9.17) is 15.2 Å². The number of nitrogens with one attached hydrogen (secondary N) is 1. The number of pyridine rings is 2. The van der Waals surface area contributed by atoms with E-state index in [9.17, 15) is 9.59 Å². The van der Waals surface area contributed by atoms with Gasteiger partial charge in [0.25, 0.3) is 5.91 Å². The lowest BCUT2D eigenvalue weighted by Gasteiger charge is -2.15. The van der Waals surface area contributed by atoms with Crippen molar-refractivity contribution < 1.29 is 23.8 Å². The first-order valence-electron chi connectivity index (χ1n) is 8.71. The molecule has 1 amide bonds. The van der Waals surface area contributed by atoms with Crippen LogP contribution in [0.2, 0.25) is 0 Å². The number of nitrogens with two attached hydrogens (primary N) is 1. The summed E-state index contributed by atoms with van der Waals surface area (Å²) in [6, 6.07) is 5.97. The van der Waals surface area contributed by atoms with Gasteiger partial charge in [0.15, 0.2) is 5.69 Å². The van der Waals surface area contributed by atoms with Gasteiger partial charge in [-0.05, 0) is 52.0 Å². The number of anilines is 2. The smallest absolute Gasteiger partial charge is 0.356 e. The van der Waals surface area contributed by atoms with E-state index in [1.54, 1.807) is 19.9 Å². The molecule has 0 aliphatic heterocycles. The van der Waals surface area contributed by atoms with Crippen LogP contribution in [0.25, 0.3) is 0 Å². The molecule has 2 rings (SSSR count). The van der Waals surface area contributed by atoms with Gasteiger partial charge in [0.2, 0.25) is 11.8 Å². The molecule has 0 aliphatic carbocycles. The maximum Gasteiger partial charge on any atom is 0.356 e. The van der Waals surface area contributed by atoms with Crippen molar-refractivity contribution in [1.82, 2.24) is 9.97 Å². The molecular formula is C19H24N4O5. The van der Waals surface area contributed by atoms with Crippen LogP contribution in [-0.4, -0.2) is 41.2 Å². The second-order valence-corrected chi connectivity index (χ2v) is 6.42. The number of amides is 1. The molecule has 0 aromatic carbocycles. The van der Waals surface area contributed by atoms with E-state index >= 15 is 0 Å². The summed E-state index contributed by atoms with van der Waals surface area (Å²) in [5.74, 6) is -0.835. The van der Waals surface area contributed by atoms with Crippen molar-refractivity contribution in [1.29, 1.82) is 0 Å². The van der Waals surface area contributed by atoms with Crippen molar-refractivity contribution in [2.45, 2.75) is 39.9 Å². The molecular weight excluding hydrogens is 364 g/mol. The Bertz CT molecular complexity index is 867. The molecule has 28 heavy (non-hydrogen) atoms. The van der Waals surface area contributed by atoms with Crippen LogP contribution in [-0.2, 0) is 4.74 Å². The lowest BCUT2D eigenvalue weighted by atomic mass is 10.2. The third kappa shape index (κ3) is 5.32. The molecule has 0 aliphatic rings. The fraction of sp³-hybridized carbons (Fsp3) is 0.368. The fourth-order valence-electron chi connectivity index (χ4n) is 2.15. The number of ether oxygens (including phenoxy) is 3. The zero-order chi connectivity index (χ0) is 20.8. The fourth-order valence-corrected chi connectivity index (χ4v) is 2.15. The summed E-state index contributed by atoms with van der Waals surface area (Å²) in [7, 11) is 1.26. The van der Waals surface area contributed by atoms with E-state index in [1.807, 2.05) is 13.8 Å². The normalized spacial score (nSPS) is 10.7. The minimum atomic E-state index is -0.609. The molecule has 2 aromatic rings. The number of aromatic nitrogens is 2. The Morgan fingerprint density at radius 1 is 0.929 bits per heavy atom. The van der Waals surface area contributed by atoms with Crippen LogP contribution in [0.5, 0.6) is 11.8 Å². The van der Waals surface area contributed by atoms with Crippen LogP contribution >= 0.6 is 0 Å². The molecule has 0 bridgehead atoms. The standard InChI is InChI=1S/C19H24N4O5/c1-10(2)27-17-12(20)6-7-13(22-17)16(24)21-14-8-9-15(19(25)26-5)23-18(14)28-11(3)4/h6-11H,20H2,1-5H3,(H,21,24). The van der Waals surface area contributed by atoms with Crippen LogP contribution in [0.1, 0.15) is 48.7 Å². The van der Waals surface area contributed by atoms with Crippen LogP contribution in [0.15, 0.2) is 24.3 Å². The highest BCUT2D eigenvalue weighted by atomic mass is 16.5. The number of nitrogens with zero attached hydrogens (tertiary/aromatic N) is 2. The van der Waals surface area contributed by atoms with E-state index in [0.29, 0.717) is 5.69 Å². The van der Waals surface area contributed by atoms with E-state index in [2.05, 4.69) is 20.0 Å². The van der Waals surface area contributed by atoms with Crippen molar-refractivity contribution in [2.75, 3.05) is 18.2 Å². The van der Waals surface area contributed by atoms with Crippen LogP contribution < -0.4 is 20.5 Å². The lowest BCUT2D eigenvalue weighted by molar-refractivity contribution is 0.0592. The highest BCUT2D eigenvalue weighted by Gasteiger charge is 2.18. The number of hydrogen-bond donors (Lipinski definition) is 2. The summed E-state index contributed by atoms with van der Waals surface area (Å²) in [6.45, 7) is 7.26. The molecule has 9 nitrogen and oxygen atoms in total. The first-order valence-corrected chi connectivity index (χ1v) is 8.71. The largest absolute Gasteiger partial charge is 0.473 e. The van der Waals surface area contributed by atoms with Gasteiger partial charge in [-0.15, -0.1) is 0 Å². The van der Waals surface area contributed by atoms with Gasteiger partial charge in [-0.3, -0.25) is 4.79 Å². The van der Waals surface area contributed by atoms with Crippen molar-refractivity contribution in [3.8, 4) is 11.8 Å². The number of methoxy groups -OCH3 is 1. The van der Waals surface area contributed by atoms with Crippen molar-refractivity contribution >= 4 is 23.3 Å². The second kappa shape index (κ2) is 9.03. The second-order valence-electron chi connectivity index (χ2n) is 6.42. The Labute approximate surface area is 163 Å². The summed E-state index contributed by atoms with van der Waals surface area (Å²) in [5, 5.41) is 2.68. The molecule has 0 radical (unpaired) electrons. The van der Waals surface area contributed by atoms with Crippen molar-refractivity contribution in [3.05, 3.63) is 35.7 Å². The highest BCUT2D eigenvalue weighted by molar-refractivity contribution is 6.04. The van der Waals surface area contributed by atoms with Crippen molar-refractivity contribution in [3.63, 3.8) is 0 Å². The zero-order valence-corrected chi connectivity index (χ0v) is 16.5. The summed E-state index contributed by atoms with van der Waals surface area (Å²) >= 11 is 0. The SMILES string of the molecule is COC(=O)c1ccc(NC(=O)c2ccc(N)c(OC(C)C)n2)c(OC(C)C)n1. The Kier molecular flexibility index (Phi) is 6.75. The average molecular weight is 388 g/mol. The van der Waals surface area contributed by atoms with Gasteiger partial charge in [-0.1, -0.05) is 0 Å². The maximum absolute atomic E-state index is 12.6. The predicted octanol–water partition coefficient (Wildman–Crippen LogP) is 2.67. The molecule has 0 atom stereocenters. The van der Waals surface area contributed by atoms with Gasteiger partial charge in [0.1, 0.15) is 11.4 Å². The van der Waals surface area contributed by atoms with Gasteiger partial charge in [-0.2, -0.15) is 0 Å². The highest BCUT2D eigenvalue weighted by Crippen LogP contribution is 2.25. The maximum atomic E-state index is 12.6. The summed E-state index contributed by atoms with van der Waals surface area (Å²) in [6.07, 6.45) is -0.369. The minimum absolute atomic E-state index is 0.0642. The van der Waals surface area contributed by atoms with Gasteiger partial charge in [-0.25, -0.2) is 14.8 Å². The Balaban J connectivity index is 2.31. The molecule has 2 aromatic heterocycles. The van der Waals surface area contributed by atoms with Crippen molar-refractivity contribution in [2.24, 2.45) is 0 Å². The zero-order valence-electron chi connectivity index (χ0n) is 16.5. The molecule has 0 saturated heterocycles. The van der Waals surface area contributed by atoms with Gasteiger partial charge in [0, 0.05) is 0 Å². The average Bonchev–Trinajstić information content (AvgIpc) is 2.63. The summed E-state index contributed by atoms with van der Waals surface area (Å²) in [5.41, 5.74) is 6.63. The first kappa shape index (κ1) is 20.9. The number of esters is 1. The van der Waals surface area contributed by atoms with E-state index in [1.165, 1.54) is 25.3 Å². The molecule has 0 unspecified atom stereocenters. The molecule has 2 heterocycles. The number of carbonyl (C=O) groups excluding carboxylic acids is 2. The number of carbonyl (C=O) groups is 2. The molecule has 150 valence electrons. The number of rotatable bonds is 7. The molecule has 9 heteroatoms. The van der Waals surface area contributed by atoms with Crippen LogP contribution in [0.4, 0.5) is 11.4 Å². The lowest BCUT2D eigenvalue weighted by Crippen LogP contribution is -2.18. The Morgan fingerprint density at radius 3 is 2.11 bits per heavy atom. The van der Waals surface area contributed by atoms with E-state index in [-0.39, 0.29) is 41.0 Å². The Morgan fingerprint density at radius 2 is 1.50 bits per heavy atom. The van der Waals surface area contributed by atoms with E-state index < -0.39 is 11.9 Å². The quantitative estimate of drug-likeness (QED) is 0.693. The van der Waals surface area contributed by atoms with Crippen LogP contribution in [0, 0.1) is 0 Å².